The van der Waals surface area contributed by atoms with Crippen molar-refractivity contribution in [1.82, 2.24) is 5.32 Å². The Hall–Kier alpha value is -1.29. The Bertz CT molecular complexity index is 1010. The molecule has 4 aliphatic rings. The smallest absolute Gasteiger partial charge is 0.217 e. The molecule has 274 valence electrons. The lowest BCUT2D eigenvalue weighted by atomic mass is 9.95. The second-order valence-corrected chi connectivity index (χ2v) is 11.9. The summed E-state index contributed by atoms with van der Waals surface area (Å²) in [6, 6.07) is -1.42. The second kappa shape index (κ2) is 16.2. The first-order chi connectivity index (χ1) is 22.1. The molecule has 0 radical (unpaired) electrons. The lowest BCUT2D eigenvalue weighted by Gasteiger charge is -2.49. The largest absolute Gasteiger partial charge is 0.394 e. The van der Waals surface area contributed by atoms with Crippen LogP contribution in [0.25, 0.3) is 0 Å². The minimum absolute atomic E-state index is 0.652. The summed E-state index contributed by atoms with van der Waals surface area (Å²) in [6.45, 7) is 0.0614. The van der Waals surface area contributed by atoms with Crippen molar-refractivity contribution in [3.63, 3.8) is 0 Å². The fraction of sp³-hybridized carbons (Fsp3) is 0.962. The van der Waals surface area contributed by atoms with E-state index in [4.69, 9.17) is 33.2 Å². The Kier molecular flexibility index (Phi) is 13.2. The lowest BCUT2D eigenvalue weighted by molar-refractivity contribution is -0.387. The van der Waals surface area contributed by atoms with E-state index in [2.05, 4.69) is 5.32 Å². The van der Waals surface area contributed by atoms with Crippen LogP contribution in [0.1, 0.15) is 13.8 Å². The van der Waals surface area contributed by atoms with Crippen molar-refractivity contribution in [3.8, 4) is 0 Å². The number of aliphatic hydroxyl groups excluding tert-OH is 12. The molecule has 1 amide bonds. The van der Waals surface area contributed by atoms with Gasteiger partial charge < -0.3 is 99.8 Å². The predicted molar refractivity (Wildman–Crippen MR) is 144 cm³/mol. The highest BCUT2D eigenvalue weighted by molar-refractivity contribution is 5.73. The average Bonchev–Trinajstić information content (AvgIpc) is 3.03. The van der Waals surface area contributed by atoms with Crippen LogP contribution in [-0.2, 0) is 38.0 Å². The topological polar surface area (TPSA) is 336 Å². The minimum atomic E-state index is -2.02. The van der Waals surface area contributed by atoms with E-state index >= 15 is 0 Å². The molecule has 47 heavy (non-hydrogen) atoms. The van der Waals surface area contributed by atoms with E-state index in [1.165, 1.54) is 6.92 Å². The van der Waals surface area contributed by atoms with E-state index in [1.54, 1.807) is 0 Å². The Morgan fingerprint density at radius 2 is 1.02 bits per heavy atom. The van der Waals surface area contributed by atoms with Crippen molar-refractivity contribution >= 4 is 5.91 Å². The van der Waals surface area contributed by atoms with Crippen LogP contribution in [0.3, 0.4) is 0 Å². The van der Waals surface area contributed by atoms with Gasteiger partial charge in [0.15, 0.2) is 25.2 Å². The van der Waals surface area contributed by atoms with Crippen molar-refractivity contribution in [1.29, 1.82) is 0 Å². The predicted octanol–water partition coefficient (Wildman–Crippen LogP) is -8.58. The molecule has 0 spiro atoms. The van der Waals surface area contributed by atoms with Gasteiger partial charge in [0.05, 0.1) is 25.9 Å². The molecule has 21 nitrogen and oxygen atoms in total. The van der Waals surface area contributed by atoms with Crippen LogP contribution in [0, 0.1) is 0 Å². The van der Waals surface area contributed by atoms with E-state index < -0.39 is 148 Å². The highest BCUT2D eigenvalue weighted by Gasteiger charge is 2.55. The zero-order valence-corrected chi connectivity index (χ0v) is 25.3. The van der Waals surface area contributed by atoms with E-state index in [0.717, 1.165) is 6.92 Å². The monoisotopic (exact) mass is 691 g/mol. The van der Waals surface area contributed by atoms with E-state index in [-0.39, 0.29) is 0 Å². The molecule has 0 aromatic rings. The molecule has 0 aromatic heterocycles. The molecular formula is C26H45NO20. The Morgan fingerprint density at radius 3 is 1.57 bits per heavy atom. The number of aliphatic hydroxyl groups is 12. The number of carbonyl (C=O) groups is 1. The van der Waals surface area contributed by atoms with E-state index in [9.17, 15) is 66.1 Å². The van der Waals surface area contributed by atoms with Crippen LogP contribution in [0.2, 0.25) is 0 Å². The first-order valence-electron chi connectivity index (χ1n) is 15.0. The highest BCUT2D eigenvalue weighted by atomic mass is 16.8. The van der Waals surface area contributed by atoms with Crippen LogP contribution >= 0.6 is 0 Å². The molecule has 4 fully saturated rings. The number of nitrogens with one attached hydrogen (secondary N) is 1. The summed E-state index contributed by atoms with van der Waals surface area (Å²) in [6.07, 6.45) is -32.1. The van der Waals surface area contributed by atoms with Crippen molar-refractivity contribution in [2.75, 3.05) is 19.8 Å². The summed E-state index contributed by atoms with van der Waals surface area (Å²) >= 11 is 0. The molecule has 13 N–H and O–H groups in total. The summed E-state index contributed by atoms with van der Waals surface area (Å²) in [5.41, 5.74) is 0. The molecule has 20 atom stereocenters. The first-order valence-corrected chi connectivity index (χ1v) is 15.0. The molecule has 4 saturated heterocycles. The number of carbonyl (C=O) groups excluding carboxylic acids is 1. The summed E-state index contributed by atoms with van der Waals surface area (Å²) in [7, 11) is 0. The van der Waals surface area contributed by atoms with E-state index in [0.29, 0.717) is 0 Å². The Morgan fingerprint density at radius 1 is 0.553 bits per heavy atom. The average molecular weight is 692 g/mol. The fourth-order valence-corrected chi connectivity index (χ4v) is 5.91. The fourth-order valence-electron chi connectivity index (χ4n) is 5.91. The zero-order valence-electron chi connectivity index (χ0n) is 25.3. The van der Waals surface area contributed by atoms with Gasteiger partial charge in [0.2, 0.25) is 5.91 Å². The minimum Gasteiger partial charge on any atom is -0.394 e. The van der Waals surface area contributed by atoms with Crippen LogP contribution in [0.15, 0.2) is 0 Å². The zero-order chi connectivity index (χ0) is 34.9. The maximum atomic E-state index is 11.9. The molecule has 1 unspecified atom stereocenters. The van der Waals surface area contributed by atoms with Crippen molar-refractivity contribution in [2.24, 2.45) is 0 Å². The van der Waals surface area contributed by atoms with Gasteiger partial charge in [-0.15, -0.1) is 0 Å². The Balaban J connectivity index is 1.53. The molecule has 4 aliphatic heterocycles. The molecule has 0 aromatic carbocycles. The molecule has 0 saturated carbocycles. The highest BCUT2D eigenvalue weighted by Crippen LogP contribution is 2.34. The summed E-state index contributed by atoms with van der Waals surface area (Å²) in [5.74, 6) is -0.652. The van der Waals surface area contributed by atoms with Crippen molar-refractivity contribution in [2.45, 2.75) is 137 Å². The van der Waals surface area contributed by atoms with Gasteiger partial charge in [-0.3, -0.25) is 4.79 Å². The number of hydrogen-bond donors (Lipinski definition) is 13. The molecule has 4 heterocycles. The number of amides is 1. The number of rotatable bonds is 10. The van der Waals surface area contributed by atoms with Crippen LogP contribution < -0.4 is 5.32 Å². The second-order valence-electron chi connectivity index (χ2n) is 11.9. The van der Waals surface area contributed by atoms with Gasteiger partial charge >= 0.3 is 0 Å². The third kappa shape index (κ3) is 8.04. The van der Waals surface area contributed by atoms with Gasteiger partial charge in [0.25, 0.3) is 0 Å². The van der Waals surface area contributed by atoms with Gasteiger partial charge in [-0.25, -0.2) is 0 Å². The molecule has 0 aliphatic carbocycles. The lowest BCUT2D eigenvalue weighted by Crippen LogP contribution is -2.68. The summed E-state index contributed by atoms with van der Waals surface area (Å²) in [4.78, 5) is 11.9. The molecule has 21 heteroatoms. The van der Waals surface area contributed by atoms with Crippen LogP contribution in [0.5, 0.6) is 0 Å². The normalized spacial score (nSPS) is 51.0. The third-order valence-corrected chi connectivity index (χ3v) is 8.56. The third-order valence-electron chi connectivity index (χ3n) is 8.56. The van der Waals surface area contributed by atoms with Crippen LogP contribution in [-0.4, -0.2) is 210 Å². The van der Waals surface area contributed by atoms with Gasteiger partial charge in [-0.05, 0) is 6.92 Å². The number of ether oxygens (including phenoxy) is 7. The summed E-state index contributed by atoms with van der Waals surface area (Å²) < 4.78 is 39.0. The van der Waals surface area contributed by atoms with Gasteiger partial charge in [-0.1, -0.05) is 0 Å². The SMILES string of the molecule is CC(=O)N[C@@H]1[C@H](O[C@@H]2[C@@H](O[C@H]3O[C@H](CO)[C@@H](O[C@H]4O[C@H](CO)[C@@H](O)[C@H](O)[C@H]4O)[C@H](O)[C@H]3O)[C@@H](O)C(O)O[C@H]2C)O[C@H](CO)[C@@H](O)[C@@H]1O. The van der Waals surface area contributed by atoms with Gasteiger partial charge in [0.1, 0.15) is 91.5 Å². The van der Waals surface area contributed by atoms with Gasteiger partial charge in [0, 0.05) is 6.92 Å². The Labute approximate surface area is 267 Å². The maximum absolute atomic E-state index is 11.9. The van der Waals surface area contributed by atoms with Crippen molar-refractivity contribution < 1.29 is 99.2 Å². The summed E-state index contributed by atoms with van der Waals surface area (Å²) in [5, 5.41) is 126. The molecule has 4 rings (SSSR count). The molecular weight excluding hydrogens is 646 g/mol. The maximum Gasteiger partial charge on any atom is 0.217 e. The first kappa shape index (κ1) is 38.5. The standard InChI is InChI=1S/C26H45NO20/c1-6-20(45-24-11(27-7(2)31)14(34)12(32)8(3-28)42-24)22(19(39)23(40)41-6)47-26-18(38)16(36)21(10(5-30)44-26)46-25-17(37)15(35)13(33)9(4-29)43-25/h6,8-26,28-30,32-40H,3-5H2,1-2H3,(H,27,31)/t6-,8+,9+,10+,11-,12+,13+,14+,15-,16+,17+,18+,19+,20-,21+,22-,23?,24-,25+,26+/m0/s1. The van der Waals surface area contributed by atoms with Gasteiger partial charge in [-0.2, -0.15) is 0 Å². The molecule has 0 bridgehead atoms. The quantitative estimate of drug-likeness (QED) is 0.101. The van der Waals surface area contributed by atoms with Crippen molar-refractivity contribution in [3.05, 3.63) is 0 Å². The van der Waals surface area contributed by atoms with Crippen LogP contribution in [0.4, 0.5) is 0 Å². The van der Waals surface area contributed by atoms with E-state index in [1.807, 2.05) is 0 Å². The number of hydrogen-bond acceptors (Lipinski definition) is 20.